The Bertz CT molecular complexity index is 1290. The van der Waals surface area contributed by atoms with Crippen LogP contribution in [-0.2, 0) is 6.18 Å². The van der Waals surface area contributed by atoms with Gasteiger partial charge in [0.15, 0.2) is 22.8 Å². The molecule has 1 aromatic carbocycles. The summed E-state index contributed by atoms with van der Waals surface area (Å²) in [5.41, 5.74) is -0.199. The second-order valence-electron chi connectivity index (χ2n) is 6.09. The quantitative estimate of drug-likeness (QED) is 0.438. The van der Waals surface area contributed by atoms with Crippen molar-refractivity contribution >= 4 is 5.65 Å². The van der Waals surface area contributed by atoms with Crippen molar-refractivity contribution in [2.24, 2.45) is 0 Å². The molecular formula is C19H10F3N5O2. The zero-order valence-electron chi connectivity index (χ0n) is 14.5. The Morgan fingerprint density at radius 2 is 1.72 bits per heavy atom. The zero-order valence-corrected chi connectivity index (χ0v) is 14.5. The molecule has 10 heteroatoms. The van der Waals surface area contributed by atoms with Crippen molar-refractivity contribution in [3.05, 3.63) is 66.6 Å². The van der Waals surface area contributed by atoms with E-state index in [0.717, 1.165) is 6.07 Å². The monoisotopic (exact) mass is 397 g/mol. The van der Waals surface area contributed by atoms with E-state index in [1.54, 1.807) is 18.2 Å². The van der Waals surface area contributed by atoms with E-state index in [0.29, 0.717) is 15.9 Å². The first-order valence-corrected chi connectivity index (χ1v) is 8.40. The van der Waals surface area contributed by atoms with Gasteiger partial charge in [-0.3, -0.25) is 0 Å². The van der Waals surface area contributed by atoms with Crippen LogP contribution in [0.25, 0.3) is 40.1 Å². The van der Waals surface area contributed by atoms with Crippen LogP contribution in [0.5, 0.6) is 0 Å². The van der Waals surface area contributed by atoms with Crippen LogP contribution in [0, 0.1) is 0 Å². The van der Waals surface area contributed by atoms with Crippen molar-refractivity contribution in [1.29, 1.82) is 0 Å². The maximum Gasteiger partial charge on any atom is 0.433 e. The number of aromatic nitrogens is 5. The third-order valence-electron chi connectivity index (χ3n) is 4.17. The van der Waals surface area contributed by atoms with Crippen molar-refractivity contribution < 1.29 is 22.1 Å². The summed E-state index contributed by atoms with van der Waals surface area (Å²) in [7, 11) is 0. The van der Waals surface area contributed by atoms with Crippen molar-refractivity contribution in [2.45, 2.75) is 6.18 Å². The number of fused-ring (bicyclic) bond motifs is 1. The molecule has 0 spiro atoms. The summed E-state index contributed by atoms with van der Waals surface area (Å²) in [5, 5.41) is 7.86. The Balaban J connectivity index is 1.64. The Morgan fingerprint density at radius 1 is 0.897 bits per heavy atom. The molecule has 0 aliphatic heterocycles. The molecular weight excluding hydrogens is 387 g/mol. The van der Waals surface area contributed by atoms with Crippen LogP contribution < -0.4 is 0 Å². The minimum absolute atomic E-state index is 0.0120. The number of benzene rings is 1. The van der Waals surface area contributed by atoms with E-state index in [-0.39, 0.29) is 28.7 Å². The van der Waals surface area contributed by atoms with Crippen LogP contribution in [0.2, 0.25) is 0 Å². The lowest BCUT2D eigenvalue weighted by molar-refractivity contribution is -0.142. The van der Waals surface area contributed by atoms with Crippen LogP contribution in [0.1, 0.15) is 5.69 Å². The fourth-order valence-corrected chi connectivity index (χ4v) is 2.86. The number of rotatable bonds is 3. The smallest absolute Gasteiger partial charge is 0.433 e. The lowest BCUT2D eigenvalue weighted by Gasteiger charge is -2.09. The average Bonchev–Trinajstić information content (AvgIpc) is 3.46. The fourth-order valence-electron chi connectivity index (χ4n) is 2.86. The first-order chi connectivity index (χ1) is 14.0. The van der Waals surface area contributed by atoms with Crippen LogP contribution in [-0.4, -0.2) is 24.7 Å². The molecule has 144 valence electrons. The molecule has 0 saturated carbocycles. The molecule has 4 aromatic heterocycles. The first-order valence-electron chi connectivity index (χ1n) is 8.40. The van der Waals surface area contributed by atoms with Gasteiger partial charge in [0.25, 0.3) is 5.89 Å². The molecule has 0 aliphatic rings. The number of furan rings is 1. The van der Waals surface area contributed by atoms with Crippen molar-refractivity contribution in [1.82, 2.24) is 24.7 Å². The number of alkyl halides is 3. The SMILES string of the molecule is FC(F)(F)c1cc(-c2ccco2)nc2cc(-c3nc(-c4ccccc4)no3)nn12. The second kappa shape index (κ2) is 6.30. The van der Waals surface area contributed by atoms with Gasteiger partial charge in [-0.05, 0) is 18.2 Å². The van der Waals surface area contributed by atoms with Gasteiger partial charge >= 0.3 is 6.18 Å². The summed E-state index contributed by atoms with van der Waals surface area (Å²) in [5.74, 6) is 0.505. The minimum atomic E-state index is -4.66. The Morgan fingerprint density at radius 3 is 2.45 bits per heavy atom. The van der Waals surface area contributed by atoms with Gasteiger partial charge in [0.05, 0.1) is 6.26 Å². The molecule has 0 saturated heterocycles. The van der Waals surface area contributed by atoms with Gasteiger partial charge in [0, 0.05) is 11.6 Å². The van der Waals surface area contributed by atoms with Crippen molar-refractivity contribution in [2.75, 3.05) is 0 Å². The molecule has 0 aliphatic carbocycles. The Labute approximate surface area is 160 Å². The maximum absolute atomic E-state index is 13.6. The van der Waals surface area contributed by atoms with Crippen molar-refractivity contribution in [3.8, 4) is 34.4 Å². The van der Waals surface area contributed by atoms with E-state index in [9.17, 15) is 13.2 Å². The van der Waals surface area contributed by atoms with E-state index in [1.807, 2.05) is 18.2 Å². The second-order valence-corrected chi connectivity index (χ2v) is 6.09. The fraction of sp³-hybridized carbons (Fsp3) is 0.0526. The summed E-state index contributed by atoms with van der Waals surface area (Å²) in [6.45, 7) is 0. The molecule has 4 heterocycles. The predicted octanol–water partition coefficient (Wildman–Crippen LogP) is 4.73. The molecule has 0 amide bonds. The number of hydrogen-bond acceptors (Lipinski definition) is 6. The highest BCUT2D eigenvalue weighted by Gasteiger charge is 2.36. The highest BCUT2D eigenvalue weighted by Crippen LogP contribution is 2.33. The van der Waals surface area contributed by atoms with Gasteiger partial charge in [0.1, 0.15) is 5.69 Å². The molecule has 0 atom stereocenters. The highest BCUT2D eigenvalue weighted by atomic mass is 19.4. The average molecular weight is 397 g/mol. The number of halogens is 3. The van der Waals surface area contributed by atoms with E-state index < -0.39 is 11.9 Å². The normalized spacial score (nSPS) is 12.0. The summed E-state index contributed by atoms with van der Waals surface area (Å²) in [6.07, 6.45) is -3.30. The van der Waals surface area contributed by atoms with E-state index in [4.69, 9.17) is 8.94 Å². The molecule has 29 heavy (non-hydrogen) atoms. The van der Waals surface area contributed by atoms with Gasteiger partial charge in [-0.2, -0.15) is 23.3 Å². The standard InChI is InChI=1S/C19H10F3N5O2/c20-19(21,22)15-9-12(14-7-4-8-28-14)23-16-10-13(25-27(15)16)18-24-17(26-29-18)11-5-2-1-3-6-11/h1-10H. The third kappa shape index (κ3) is 3.04. The predicted molar refractivity (Wildman–Crippen MR) is 94.4 cm³/mol. The van der Waals surface area contributed by atoms with Gasteiger partial charge < -0.3 is 8.94 Å². The summed E-state index contributed by atoms with van der Waals surface area (Å²) in [4.78, 5) is 8.45. The van der Waals surface area contributed by atoms with Crippen LogP contribution in [0.4, 0.5) is 13.2 Å². The first kappa shape index (κ1) is 17.2. The summed E-state index contributed by atoms with van der Waals surface area (Å²) >= 11 is 0. The molecule has 0 bridgehead atoms. The Hall–Kier alpha value is -3.95. The van der Waals surface area contributed by atoms with E-state index in [2.05, 4.69) is 20.2 Å². The number of nitrogens with zero attached hydrogens (tertiary/aromatic N) is 5. The van der Waals surface area contributed by atoms with E-state index in [1.165, 1.54) is 18.4 Å². The molecule has 5 aromatic rings. The largest absolute Gasteiger partial charge is 0.463 e. The molecule has 0 radical (unpaired) electrons. The third-order valence-corrected chi connectivity index (χ3v) is 4.17. The van der Waals surface area contributed by atoms with Gasteiger partial charge in [-0.25, -0.2) is 9.50 Å². The zero-order chi connectivity index (χ0) is 20.0. The molecule has 5 rings (SSSR count). The van der Waals surface area contributed by atoms with Gasteiger partial charge in [-0.1, -0.05) is 35.5 Å². The maximum atomic E-state index is 13.6. The van der Waals surface area contributed by atoms with Crippen LogP contribution in [0.15, 0.2) is 69.8 Å². The van der Waals surface area contributed by atoms with Gasteiger partial charge in [-0.15, -0.1) is 0 Å². The lowest BCUT2D eigenvalue weighted by Crippen LogP contribution is -2.13. The lowest BCUT2D eigenvalue weighted by atomic mass is 10.2. The topological polar surface area (TPSA) is 82.2 Å². The highest BCUT2D eigenvalue weighted by molar-refractivity contribution is 5.63. The van der Waals surface area contributed by atoms with Crippen molar-refractivity contribution in [3.63, 3.8) is 0 Å². The summed E-state index contributed by atoms with van der Waals surface area (Å²) < 4.78 is 51.9. The molecule has 0 unspecified atom stereocenters. The van der Waals surface area contributed by atoms with E-state index >= 15 is 0 Å². The van der Waals surface area contributed by atoms with Crippen LogP contribution in [0.3, 0.4) is 0 Å². The van der Waals surface area contributed by atoms with Gasteiger partial charge in [0.2, 0.25) is 5.82 Å². The minimum Gasteiger partial charge on any atom is -0.463 e. The Kier molecular flexibility index (Phi) is 3.73. The molecule has 0 fully saturated rings. The van der Waals surface area contributed by atoms with Crippen LogP contribution >= 0.6 is 0 Å². The summed E-state index contributed by atoms with van der Waals surface area (Å²) in [6, 6.07) is 14.4. The molecule has 7 nitrogen and oxygen atoms in total. The number of hydrogen-bond donors (Lipinski definition) is 0. The molecule has 0 N–H and O–H groups in total.